The molecule has 2 aromatic rings. The van der Waals surface area contributed by atoms with Gasteiger partial charge in [-0.1, -0.05) is 24.3 Å². The Morgan fingerprint density at radius 3 is 2.60 bits per heavy atom. The minimum absolute atomic E-state index is 0.0378. The molecule has 0 aliphatic heterocycles. The van der Waals surface area contributed by atoms with Crippen molar-refractivity contribution >= 4 is 11.6 Å². The molecule has 0 unspecified atom stereocenters. The normalized spacial score (nSPS) is 11.7. The molecule has 2 N–H and O–H groups in total. The maximum Gasteiger partial charge on any atom is 0.265 e. The number of anilines is 1. The number of benzene rings is 2. The first-order valence-electron chi connectivity index (χ1n) is 6.38. The van der Waals surface area contributed by atoms with Gasteiger partial charge in [-0.25, -0.2) is 0 Å². The molecule has 20 heavy (non-hydrogen) atoms. The summed E-state index contributed by atoms with van der Waals surface area (Å²) in [6.45, 7) is 3.55. The van der Waals surface area contributed by atoms with Crippen molar-refractivity contribution in [2.24, 2.45) is 0 Å². The lowest BCUT2D eigenvalue weighted by molar-refractivity contribution is -0.122. The van der Waals surface area contributed by atoms with Crippen molar-refractivity contribution in [2.45, 2.75) is 20.0 Å². The van der Waals surface area contributed by atoms with Crippen molar-refractivity contribution in [3.8, 4) is 11.5 Å². The predicted molar refractivity (Wildman–Crippen MR) is 78.0 cm³/mol. The number of aryl methyl sites for hydroxylation is 1. The molecule has 0 saturated heterocycles. The number of para-hydroxylation sites is 1. The van der Waals surface area contributed by atoms with Crippen molar-refractivity contribution in [1.82, 2.24) is 0 Å². The van der Waals surface area contributed by atoms with E-state index in [1.165, 1.54) is 0 Å². The molecule has 0 aliphatic carbocycles. The molecule has 1 amide bonds. The number of carbonyl (C=O) groups is 1. The number of rotatable bonds is 4. The van der Waals surface area contributed by atoms with Crippen LogP contribution in [0.15, 0.2) is 48.5 Å². The standard InChI is InChI=1S/C16H17NO3/c1-11-8-9-15(18)14(10-11)17-16(19)12(2)20-13-6-4-3-5-7-13/h3-10,12,18H,1-2H3,(H,17,19)/t12-/m1/s1. The number of phenolic OH excluding ortho intramolecular Hbond substituents is 1. The van der Waals surface area contributed by atoms with Gasteiger partial charge < -0.3 is 15.2 Å². The van der Waals surface area contributed by atoms with Gasteiger partial charge in [0, 0.05) is 0 Å². The van der Waals surface area contributed by atoms with Gasteiger partial charge in [-0.2, -0.15) is 0 Å². The van der Waals surface area contributed by atoms with E-state index in [0.717, 1.165) is 5.56 Å². The molecule has 0 heterocycles. The minimum atomic E-state index is -0.655. The molecule has 0 aliphatic rings. The van der Waals surface area contributed by atoms with E-state index in [0.29, 0.717) is 11.4 Å². The lowest BCUT2D eigenvalue weighted by Crippen LogP contribution is -2.30. The Balaban J connectivity index is 2.02. The first-order chi connectivity index (χ1) is 9.56. The van der Waals surface area contributed by atoms with E-state index in [1.54, 1.807) is 37.3 Å². The second kappa shape index (κ2) is 6.10. The third-order valence-electron chi connectivity index (χ3n) is 2.84. The first-order valence-corrected chi connectivity index (χ1v) is 6.38. The van der Waals surface area contributed by atoms with E-state index in [4.69, 9.17) is 4.74 Å². The molecule has 2 aromatic carbocycles. The molecule has 104 valence electrons. The number of nitrogens with one attached hydrogen (secondary N) is 1. The van der Waals surface area contributed by atoms with Crippen molar-refractivity contribution in [1.29, 1.82) is 0 Å². The van der Waals surface area contributed by atoms with Gasteiger partial charge in [-0.15, -0.1) is 0 Å². The highest BCUT2D eigenvalue weighted by Crippen LogP contribution is 2.24. The Morgan fingerprint density at radius 1 is 1.20 bits per heavy atom. The number of ether oxygens (including phenoxy) is 1. The SMILES string of the molecule is Cc1ccc(O)c(NC(=O)[C@@H](C)Oc2ccccc2)c1. The molecular weight excluding hydrogens is 254 g/mol. The van der Waals surface area contributed by atoms with Crippen LogP contribution in [0.1, 0.15) is 12.5 Å². The van der Waals surface area contributed by atoms with Crippen LogP contribution >= 0.6 is 0 Å². The van der Waals surface area contributed by atoms with E-state index in [-0.39, 0.29) is 11.7 Å². The largest absolute Gasteiger partial charge is 0.506 e. The van der Waals surface area contributed by atoms with Crippen LogP contribution in [0, 0.1) is 6.92 Å². The number of aromatic hydroxyl groups is 1. The van der Waals surface area contributed by atoms with Crippen LogP contribution in [0.25, 0.3) is 0 Å². The van der Waals surface area contributed by atoms with Gasteiger partial charge in [0.05, 0.1) is 5.69 Å². The van der Waals surface area contributed by atoms with Crippen LogP contribution in [0.2, 0.25) is 0 Å². The summed E-state index contributed by atoms with van der Waals surface area (Å²) in [5, 5.41) is 12.4. The lowest BCUT2D eigenvalue weighted by atomic mass is 10.2. The molecule has 0 radical (unpaired) electrons. The predicted octanol–water partition coefficient (Wildman–Crippen LogP) is 3.11. The van der Waals surface area contributed by atoms with Crippen LogP contribution in [0.4, 0.5) is 5.69 Å². The van der Waals surface area contributed by atoms with Crippen LogP contribution in [-0.4, -0.2) is 17.1 Å². The number of amides is 1. The molecule has 2 rings (SSSR count). The van der Waals surface area contributed by atoms with Gasteiger partial charge in [-0.3, -0.25) is 4.79 Å². The lowest BCUT2D eigenvalue weighted by Gasteiger charge is -2.15. The number of hydrogen-bond acceptors (Lipinski definition) is 3. The number of phenols is 1. The summed E-state index contributed by atoms with van der Waals surface area (Å²) in [6.07, 6.45) is -0.655. The average molecular weight is 271 g/mol. The van der Waals surface area contributed by atoms with Gasteiger partial charge in [-0.05, 0) is 43.7 Å². The fourth-order valence-electron chi connectivity index (χ4n) is 1.74. The second-order valence-corrected chi connectivity index (χ2v) is 4.58. The first kappa shape index (κ1) is 13.9. The molecule has 1 atom stereocenters. The summed E-state index contributed by atoms with van der Waals surface area (Å²) < 4.78 is 5.52. The van der Waals surface area contributed by atoms with Gasteiger partial charge >= 0.3 is 0 Å². The van der Waals surface area contributed by atoms with E-state index < -0.39 is 6.10 Å². The Kier molecular flexibility index (Phi) is 4.25. The van der Waals surface area contributed by atoms with E-state index in [9.17, 15) is 9.90 Å². The monoisotopic (exact) mass is 271 g/mol. The third-order valence-corrected chi connectivity index (χ3v) is 2.84. The van der Waals surface area contributed by atoms with Gasteiger partial charge in [0.2, 0.25) is 0 Å². The molecule has 4 nitrogen and oxygen atoms in total. The van der Waals surface area contributed by atoms with E-state index in [2.05, 4.69) is 5.32 Å². The molecule has 0 bridgehead atoms. The Bertz CT molecular complexity index is 596. The van der Waals surface area contributed by atoms with Crippen molar-refractivity contribution in [2.75, 3.05) is 5.32 Å². The van der Waals surface area contributed by atoms with Gasteiger partial charge in [0.1, 0.15) is 11.5 Å². The third kappa shape index (κ3) is 3.51. The maximum absolute atomic E-state index is 12.0. The van der Waals surface area contributed by atoms with Crippen LogP contribution in [0.5, 0.6) is 11.5 Å². The summed E-state index contributed by atoms with van der Waals surface area (Å²) in [5.74, 6) is 0.356. The zero-order chi connectivity index (χ0) is 14.5. The highest BCUT2D eigenvalue weighted by Gasteiger charge is 2.16. The summed E-state index contributed by atoms with van der Waals surface area (Å²) in [4.78, 5) is 12.0. The Morgan fingerprint density at radius 2 is 1.90 bits per heavy atom. The van der Waals surface area contributed by atoms with Crippen molar-refractivity contribution < 1.29 is 14.6 Å². The molecule has 4 heteroatoms. The molecular formula is C16H17NO3. The van der Waals surface area contributed by atoms with Crippen LogP contribution in [0.3, 0.4) is 0 Å². The topological polar surface area (TPSA) is 58.6 Å². The second-order valence-electron chi connectivity index (χ2n) is 4.58. The van der Waals surface area contributed by atoms with E-state index in [1.807, 2.05) is 25.1 Å². The number of carbonyl (C=O) groups excluding carboxylic acids is 1. The zero-order valence-corrected chi connectivity index (χ0v) is 11.5. The summed E-state index contributed by atoms with van der Waals surface area (Å²) in [6, 6.07) is 14.2. The van der Waals surface area contributed by atoms with Gasteiger partial charge in [0.15, 0.2) is 6.10 Å². The molecule has 0 saturated carbocycles. The van der Waals surface area contributed by atoms with Crippen LogP contribution < -0.4 is 10.1 Å². The zero-order valence-electron chi connectivity index (χ0n) is 11.5. The number of hydrogen-bond donors (Lipinski definition) is 2. The Labute approximate surface area is 118 Å². The molecule has 0 aromatic heterocycles. The Hall–Kier alpha value is -2.49. The van der Waals surface area contributed by atoms with Crippen LogP contribution in [-0.2, 0) is 4.79 Å². The minimum Gasteiger partial charge on any atom is -0.506 e. The highest BCUT2D eigenvalue weighted by molar-refractivity contribution is 5.95. The maximum atomic E-state index is 12.0. The van der Waals surface area contributed by atoms with E-state index >= 15 is 0 Å². The highest BCUT2D eigenvalue weighted by atomic mass is 16.5. The molecule has 0 spiro atoms. The fraction of sp³-hybridized carbons (Fsp3) is 0.188. The van der Waals surface area contributed by atoms with Crippen molar-refractivity contribution in [3.05, 3.63) is 54.1 Å². The quantitative estimate of drug-likeness (QED) is 0.840. The molecule has 0 fully saturated rings. The summed E-state index contributed by atoms with van der Waals surface area (Å²) >= 11 is 0. The summed E-state index contributed by atoms with van der Waals surface area (Å²) in [7, 11) is 0. The summed E-state index contributed by atoms with van der Waals surface area (Å²) in [5.41, 5.74) is 1.34. The fourth-order valence-corrected chi connectivity index (χ4v) is 1.74. The smallest absolute Gasteiger partial charge is 0.265 e. The van der Waals surface area contributed by atoms with Gasteiger partial charge in [0.25, 0.3) is 5.91 Å². The van der Waals surface area contributed by atoms with Crippen molar-refractivity contribution in [3.63, 3.8) is 0 Å². The average Bonchev–Trinajstić information content (AvgIpc) is 2.44.